The van der Waals surface area contributed by atoms with E-state index in [1.165, 1.54) is 20.8 Å². The number of carboxylic acids is 1. The molecular formula is C68H106O35. The summed E-state index contributed by atoms with van der Waals surface area (Å²) in [5, 5.41) is 187. The van der Waals surface area contributed by atoms with Crippen molar-refractivity contribution in [3.05, 3.63) is 11.6 Å². The molecule has 35 heteroatoms. The molecule has 6 aliphatic heterocycles. The van der Waals surface area contributed by atoms with Gasteiger partial charge in [0.05, 0.1) is 62.2 Å². The molecule has 11 aliphatic rings. The zero-order valence-corrected chi connectivity index (χ0v) is 59.0. The van der Waals surface area contributed by atoms with Crippen LogP contribution in [0.25, 0.3) is 0 Å². The molecule has 0 radical (unpaired) electrons. The Bertz CT molecular complexity index is 3030. The second kappa shape index (κ2) is 30.4. The average Bonchev–Trinajstić information content (AvgIpc) is 0.669. The molecule has 0 bridgehead atoms. The third-order valence-electron chi connectivity index (χ3n) is 25.4. The van der Waals surface area contributed by atoms with Gasteiger partial charge < -0.3 is 153 Å². The number of fused-ring (bicyclic) bond motifs is 7. The number of hydrogen-bond donors (Lipinski definition) is 17. The van der Waals surface area contributed by atoms with Gasteiger partial charge in [0.25, 0.3) is 0 Å². The van der Waals surface area contributed by atoms with Gasteiger partial charge in [-0.3, -0.25) is 19.2 Å². The predicted octanol–water partition coefficient (Wildman–Crippen LogP) is -4.90. The standard InChI is InChI=1S/C68H106O35/c1-25-49(99-56-48(86)51(100-55-44(82)38(76)32(75)22-90-55)35(23-91-56)98-58-45(83)41(79)39(77)33(20-69)96-58)43(81)47(85)57(92-25)101-53-52(95-28(4)73)50(94-27(3)72)26(2)93-60(53)103-62(89)67-15-14-63(5,6)18-30(67)29-10-11-36-64(7)19-31(74)54(102-59-46(84)42(80)40(78)34(21-70)97-59)66(9,61(87)88)37(64)12-13-65(36,8)68(29,24-71)17-16-67/h10,25-26,30-60,69-71,74-86H,11-24H2,1-9H3,(H,87,88)/t25-,26+,30?,31+,32-,33-,34-,35-,36?,37?,38+,39+,40-,41+,42+,43-,44-,45-,46-,47+,48-,49-,50-,51+,52-,53+,54+,55+,56+,57-,58+,59+,60-,64-,65-,66?,67+,68+/m1/s1. The molecule has 0 amide bonds. The van der Waals surface area contributed by atoms with Crippen LogP contribution in [0.4, 0.5) is 0 Å². The number of esters is 3. The van der Waals surface area contributed by atoms with Crippen molar-refractivity contribution < 1.29 is 172 Å². The Balaban J connectivity index is 0.850. The third kappa shape index (κ3) is 14.1. The molecule has 4 saturated carbocycles. The van der Waals surface area contributed by atoms with Crippen LogP contribution in [0.1, 0.15) is 120 Å². The van der Waals surface area contributed by atoms with Gasteiger partial charge in [-0.05, 0) is 113 Å². The second-order valence-electron chi connectivity index (χ2n) is 32.0. The molecule has 0 aromatic heterocycles. The van der Waals surface area contributed by atoms with E-state index in [4.69, 9.17) is 66.3 Å². The molecule has 6 heterocycles. The fourth-order valence-electron chi connectivity index (χ4n) is 19.7. The van der Waals surface area contributed by atoms with E-state index >= 15 is 4.79 Å². The molecule has 5 aliphatic carbocycles. The summed E-state index contributed by atoms with van der Waals surface area (Å²) in [4.78, 5) is 55.9. The summed E-state index contributed by atoms with van der Waals surface area (Å²) in [7, 11) is 0. The number of aliphatic carboxylic acids is 1. The number of carbonyl (C=O) groups excluding carboxylic acids is 3. The summed E-state index contributed by atoms with van der Waals surface area (Å²) in [6.07, 6.45) is -47.6. The Morgan fingerprint density at radius 3 is 1.62 bits per heavy atom. The molecule has 0 spiro atoms. The molecule has 103 heavy (non-hydrogen) atoms. The van der Waals surface area contributed by atoms with Gasteiger partial charge in [-0.1, -0.05) is 39.3 Å². The number of carboxylic acid groups (broad SMARTS) is 1. The van der Waals surface area contributed by atoms with Crippen molar-refractivity contribution in [1.82, 2.24) is 0 Å². The maximum atomic E-state index is 16.0. The van der Waals surface area contributed by atoms with Crippen molar-refractivity contribution >= 4 is 23.9 Å². The van der Waals surface area contributed by atoms with Crippen LogP contribution in [0.5, 0.6) is 0 Å². The number of hydrogen-bond acceptors (Lipinski definition) is 34. The maximum Gasteiger partial charge on any atom is 0.315 e. The maximum absolute atomic E-state index is 16.0. The van der Waals surface area contributed by atoms with Gasteiger partial charge in [0.15, 0.2) is 49.8 Å². The van der Waals surface area contributed by atoms with E-state index in [2.05, 4.69) is 20.8 Å². The van der Waals surface area contributed by atoms with Crippen molar-refractivity contribution in [3.8, 4) is 0 Å². The first-order valence-electron chi connectivity index (χ1n) is 35.6. The minimum atomic E-state index is -2.15. The van der Waals surface area contributed by atoms with Crippen molar-refractivity contribution in [1.29, 1.82) is 0 Å². The SMILES string of the molecule is CC(=O)O[C@H]1[C@H](O[C@H]2O[C@H](C)[C@@H](O[C@@H]3OC[C@@H](O[C@@H]4O[C@H](CO)[C@H](O)[C@H](O)[C@H]4O)[C@H](O[C@@H]4OC[C@@H](O)[C@H](O)[C@H]4O)[C@H]3O)[C@H](O)[C@@H]2O)[C@@H](OC(=O)[C@]23CCC(C)(C)CC2C2=CCC4[C@@]5(C)C[C@H](O)[C@H](O[C@@H]6O[C@H](CO)[C@@H](O)[C@H](O)[C@H]6O)C(C)(C(=O)O)C5CC[C@@]4(C)[C@]2(CO)CC3)O[C@@H](C)[C@H]1OC(C)=O. The molecule has 17 N–H and O–H groups in total. The van der Waals surface area contributed by atoms with Crippen LogP contribution in [0.2, 0.25) is 0 Å². The van der Waals surface area contributed by atoms with Gasteiger partial charge in [0, 0.05) is 19.3 Å². The lowest BCUT2D eigenvalue weighted by atomic mass is 9.33. The van der Waals surface area contributed by atoms with Crippen molar-refractivity contribution in [2.24, 2.45) is 50.2 Å². The van der Waals surface area contributed by atoms with E-state index in [-0.39, 0.29) is 38.7 Å². The highest BCUT2D eigenvalue weighted by molar-refractivity contribution is 5.79. The molecular weight excluding hydrogens is 1380 g/mol. The van der Waals surface area contributed by atoms with E-state index in [0.29, 0.717) is 25.7 Å². The number of aliphatic hydroxyl groups excluding tert-OH is 16. The van der Waals surface area contributed by atoms with Crippen LogP contribution < -0.4 is 0 Å². The van der Waals surface area contributed by atoms with E-state index < -0.39 is 285 Å². The molecule has 11 rings (SSSR count). The van der Waals surface area contributed by atoms with Gasteiger partial charge >= 0.3 is 23.9 Å². The van der Waals surface area contributed by atoms with Crippen LogP contribution in [0.15, 0.2) is 11.6 Å². The minimum absolute atomic E-state index is 0.00947. The highest BCUT2D eigenvalue weighted by Gasteiger charge is 2.74. The Morgan fingerprint density at radius 1 is 0.495 bits per heavy atom. The number of aliphatic hydroxyl groups is 16. The highest BCUT2D eigenvalue weighted by atomic mass is 16.8. The minimum Gasteiger partial charge on any atom is -0.481 e. The third-order valence-corrected chi connectivity index (χ3v) is 25.4. The van der Waals surface area contributed by atoms with Gasteiger partial charge in [-0.25, -0.2) is 0 Å². The van der Waals surface area contributed by atoms with Crippen LogP contribution in [0.3, 0.4) is 0 Å². The van der Waals surface area contributed by atoms with Crippen molar-refractivity contribution in [2.75, 3.05) is 33.0 Å². The van der Waals surface area contributed by atoms with E-state index in [1.54, 1.807) is 0 Å². The van der Waals surface area contributed by atoms with E-state index in [0.717, 1.165) is 19.4 Å². The number of allylic oxidation sites excluding steroid dienone is 1. The fourth-order valence-corrected chi connectivity index (χ4v) is 19.7. The van der Waals surface area contributed by atoms with Gasteiger partial charge in [-0.15, -0.1) is 0 Å². The normalized spacial score (nSPS) is 52.0. The summed E-state index contributed by atoms with van der Waals surface area (Å²) in [6.45, 7) is 11.4. The summed E-state index contributed by atoms with van der Waals surface area (Å²) in [5.41, 5.74) is -5.65. The van der Waals surface area contributed by atoms with Crippen LogP contribution >= 0.6 is 0 Å². The number of rotatable bonds is 18. The molecule has 4 unspecified atom stereocenters. The lowest BCUT2D eigenvalue weighted by Gasteiger charge is -2.71. The van der Waals surface area contributed by atoms with Crippen LogP contribution in [0, 0.1) is 50.2 Å². The Kier molecular flexibility index (Phi) is 23.8. The summed E-state index contributed by atoms with van der Waals surface area (Å²) in [6, 6.07) is 0. The summed E-state index contributed by atoms with van der Waals surface area (Å²) >= 11 is 0. The van der Waals surface area contributed by atoms with E-state index in [9.17, 15) is 101 Å². The lowest BCUT2D eigenvalue weighted by molar-refractivity contribution is -0.388. The molecule has 0 aromatic carbocycles. The molecule has 10 fully saturated rings. The highest BCUT2D eigenvalue weighted by Crippen LogP contribution is 2.76. The van der Waals surface area contributed by atoms with Gasteiger partial charge in [0.2, 0.25) is 6.29 Å². The van der Waals surface area contributed by atoms with Crippen molar-refractivity contribution in [2.45, 2.75) is 304 Å². The largest absolute Gasteiger partial charge is 0.481 e. The van der Waals surface area contributed by atoms with Gasteiger partial charge in [-0.2, -0.15) is 0 Å². The monoisotopic (exact) mass is 1480 g/mol. The molecule has 35 nitrogen and oxygen atoms in total. The van der Waals surface area contributed by atoms with Crippen molar-refractivity contribution in [3.63, 3.8) is 0 Å². The lowest BCUT2D eigenvalue weighted by Crippen LogP contribution is -2.71. The second-order valence-corrected chi connectivity index (χ2v) is 32.0. The summed E-state index contributed by atoms with van der Waals surface area (Å²) < 4.78 is 84.0. The first kappa shape index (κ1) is 80.6. The van der Waals surface area contributed by atoms with Crippen LogP contribution in [-0.4, -0.2) is 328 Å². The fraction of sp³-hybridized carbons (Fsp3) is 0.912. The van der Waals surface area contributed by atoms with Crippen LogP contribution in [-0.2, 0) is 85.5 Å². The van der Waals surface area contributed by atoms with Gasteiger partial charge in [0.1, 0.15) is 110 Å². The van der Waals surface area contributed by atoms with E-state index in [1.807, 2.05) is 13.0 Å². The smallest absolute Gasteiger partial charge is 0.315 e. The quantitative estimate of drug-likeness (QED) is 0.0265. The molecule has 6 saturated heterocycles. The Morgan fingerprint density at radius 2 is 1.02 bits per heavy atom. The Hall–Kier alpha value is -3.46. The average molecular weight is 1480 g/mol. The zero-order valence-electron chi connectivity index (χ0n) is 59.0. The molecule has 588 valence electrons. The molecule has 38 atom stereocenters. The molecule has 0 aromatic rings. The Labute approximate surface area is 593 Å². The summed E-state index contributed by atoms with van der Waals surface area (Å²) in [5.74, 6) is -5.60. The number of ether oxygens (including phenoxy) is 14. The first-order chi connectivity index (χ1) is 48.3. The first-order valence-corrected chi connectivity index (χ1v) is 35.6. The predicted molar refractivity (Wildman–Crippen MR) is 337 cm³/mol. The zero-order chi connectivity index (χ0) is 75.4. The number of carbonyl (C=O) groups is 4. The topological polar surface area (TPSA) is 541 Å².